The topological polar surface area (TPSA) is 53.0 Å². The third-order valence-electron chi connectivity index (χ3n) is 3.55. The molecule has 0 aliphatic heterocycles. The van der Waals surface area contributed by atoms with Crippen molar-refractivity contribution < 1.29 is 14.7 Å². The Morgan fingerprint density at radius 2 is 1.46 bits per heavy atom. The molecule has 0 unspecified atom stereocenters. The standard InChI is InChI=1S/C19H24N2O3/c1-2-3-14-24-21(19(22)23)20(15-17-10-6-4-7-11-17)16-18-12-8-5-9-13-18/h4-13H,2-3,14-16H2,1H3,(H,22,23). The highest BCUT2D eigenvalue weighted by Crippen LogP contribution is 2.14. The molecule has 0 atom stereocenters. The molecule has 24 heavy (non-hydrogen) atoms. The molecular weight excluding hydrogens is 304 g/mol. The highest BCUT2D eigenvalue weighted by Gasteiger charge is 2.22. The summed E-state index contributed by atoms with van der Waals surface area (Å²) < 4.78 is 0. The van der Waals surface area contributed by atoms with E-state index in [2.05, 4.69) is 0 Å². The zero-order valence-corrected chi connectivity index (χ0v) is 14.0. The van der Waals surface area contributed by atoms with E-state index in [0.29, 0.717) is 19.7 Å². The lowest BCUT2D eigenvalue weighted by molar-refractivity contribution is -0.260. The summed E-state index contributed by atoms with van der Waals surface area (Å²) in [6, 6.07) is 19.6. The number of hydrogen-bond donors (Lipinski definition) is 1. The summed E-state index contributed by atoms with van der Waals surface area (Å²) in [4.78, 5) is 17.2. The predicted molar refractivity (Wildman–Crippen MR) is 92.9 cm³/mol. The molecule has 0 saturated heterocycles. The van der Waals surface area contributed by atoms with Gasteiger partial charge in [-0.15, -0.1) is 5.17 Å². The fourth-order valence-corrected chi connectivity index (χ4v) is 2.33. The van der Waals surface area contributed by atoms with E-state index in [1.807, 2.05) is 67.6 Å². The third-order valence-corrected chi connectivity index (χ3v) is 3.55. The Kier molecular flexibility index (Phi) is 7.26. The number of amides is 1. The Hall–Kier alpha value is -2.37. The zero-order valence-electron chi connectivity index (χ0n) is 14.0. The van der Waals surface area contributed by atoms with Gasteiger partial charge in [-0.3, -0.25) is 4.84 Å². The van der Waals surface area contributed by atoms with Crippen molar-refractivity contribution in [2.45, 2.75) is 32.9 Å². The molecule has 0 aliphatic rings. The SMILES string of the molecule is CCCCON(C(=O)O)N(Cc1ccccc1)Cc1ccccc1. The van der Waals surface area contributed by atoms with Gasteiger partial charge in [0.25, 0.3) is 0 Å². The molecule has 0 fully saturated rings. The summed E-state index contributed by atoms with van der Waals surface area (Å²) in [6.45, 7) is 3.32. The van der Waals surface area contributed by atoms with Gasteiger partial charge < -0.3 is 5.11 Å². The Labute approximate surface area is 143 Å². The van der Waals surface area contributed by atoms with E-state index in [9.17, 15) is 9.90 Å². The lowest BCUT2D eigenvalue weighted by Gasteiger charge is -2.31. The summed E-state index contributed by atoms with van der Waals surface area (Å²) >= 11 is 0. The minimum absolute atomic E-state index is 0.378. The van der Waals surface area contributed by atoms with Crippen LogP contribution in [0.3, 0.4) is 0 Å². The number of hydroxylamine groups is 1. The number of hydrogen-bond acceptors (Lipinski definition) is 3. The first-order valence-corrected chi connectivity index (χ1v) is 8.19. The normalized spacial score (nSPS) is 10.8. The van der Waals surface area contributed by atoms with E-state index in [0.717, 1.165) is 29.1 Å². The molecule has 0 aliphatic carbocycles. The lowest BCUT2D eigenvalue weighted by Crippen LogP contribution is -2.45. The maximum absolute atomic E-state index is 11.7. The first-order chi connectivity index (χ1) is 11.7. The molecule has 0 bridgehead atoms. The Balaban J connectivity index is 2.17. The van der Waals surface area contributed by atoms with E-state index >= 15 is 0 Å². The van der Waals surface area contributed by atoms with Crippen molar-refractivity contribution in [2.75, 3.05) is 6.61 Å². The van der Waals surface area contributed by atoms with E-state index < -0.39 is 6.09 Å². The molecule has 5 heteroatoms. The number of carboxylic acid groups (broad SMARTS) is 1. The van der Waals surface area contributed by atoms with Gasteiger partial charge in [0.1, 0.15) is 0 Å². The van der Waals surface area contributed by atoms with Gasteiger partial charge in [-0.05, 0) is 17.5 Å². The van der Waals surface area contributed by atoms with Crippen molar-refractivity contribution in [1.29, 1.82) is 0 Å². The fraction of sp³-hybridized carbons (Fsp3) is 0.316. The van der Waals surface area contributed by atoms with E-state index in [-0.39, 0.29) is 0 Å². The van der Waals surface area contributed by atoms with E-state index in [1.54, 1.807) is 5.01 Å². The molecular formula is C19H24N2O3. The minimum atomic E-state index is -1.11. The molecule has 2 rings (SSSR count). The molecule has 0 spiro atoms. The monoisotopic (exact) mass is 328 g/mol. The van der Waals surface area contributed by atoms with Gasteiger partial charge in [0, 0.05) is 13.1 Å². The van der Waals surface area contributed by atoms with Crippen LogP contribution in [0.2, 0.25) is 0 Å². The van der Waals surface area contributed by atoms with Gasteiger partial charge in [-0.1, -0.05) is 74.0 Å². The second kappa shape index (κ2) is 9.70. The quantitative estimate of drug-likeness (QED) is 0.550. The van der Waals surface area contributed by atoms with Crippen LogP contribution in [0.25, 0.3) is 0 Å². The highest BCUT2D eigenvalue weighted by atomic mass is 16.7. The Morgan fingerprint density at radius 3 is 1.88 bits per heavy atom. The summed E-state index contributed by atoms with van der Waals surface area (Å²) in [6.07, 6.45) is 0.650. The number of benzene rings is 2. The summed E-state index contributed by atoms with van der Waals surface area (Å²) in [5.41, 5.74) is 2.05. The summed E-state index contributed by atoms with van der Waals surface area (Å²) in [5.74, 6) is 0. The summed E-state index contributed by atoms with van der Waals surface area (Å²) in [5, 5.41) is 12.2. The Bertz CT molecular complexity index is 563. The van der Waals surface area contributed by atoms with Crippen LogP contribution in [-0.4, -0.2) is 28.0 Å². The van der Waals surface area contributed by atoms with Crippen molar-refractivity contribution in [3.8, 4) is 0 Å². The molecule has 5 nitrogen and oxygen atoms in total. The number of rotatable bonds is 9. The lowest BCUT2D eigenvalue weighted by atomic mass is 10.2. The maximum Gasteiger partial charge on any atom is 0.447 e. The summed E-state index contributed by atoms with van der Waals surface area (Å²) in [7, 11) is 0. The molecule has 0 saturated carbocycles. The van der Waals surface area contributed by atoms with Gasteiger partial charge in [0.2, 0.25) is 0 Å². The minimum Gasteiger partial charge on any atom is -0.462 e. The molecule has 128 valence electrons. The van der Waals surface area contributed by atoms with Crippen molar-refractivity contribution in [3.05, 3.63) is 71.8 Å². The molecule has 0 heterocycles. The van der Waals surface area contributed by atoms with Crippen LogP contribution in [0.5, 0.6) is 0 Å². The second-order valence-corrected chi connectivity index (χ2v) is 5.54. The average Bonchev–Trinajstić information content (AvgIpc) is 2.60. The van der Waals surface area contributed by atoms with Gasteiger partial charge >= 0.3 is 6.09 Å². The number of nitrogens with zero attached hydrogens (tertiary/aromatic N) is 2. The van der Waals surface area contributed by atoms with Gasteiger partial charge in [-0.2, -0.15) is 5.01 Å². The van der Waals surface area contributed by atoms with Crippen LogP contribution in [0.1, 0.15) is 30.9 Å². The number of unbranched alkanes of at least 4 members (excludes halogenated alkanes) is 1. The highest BCUT2D eigenvalue weighted by molar-refractivity contribution is 5.62. The molecule has 0 aromatic heterocycles. The van der Waals surface area contributed by atoms with Crippen LogP contribution in [0.15, 0.2) is 60.7 Å². The molecule has 0 radical (unpaired) electrons. The van der Waals surface area contributed by atoms with Crippen LogP contribution in [0, 0.1) is 0 Å². The molecule has 1 N–H and O–H groups in total. The largest absolute Gasteiger partial charge is 0.462 e. The third kappa shape index (κ3) is 5.68. The van der Waals surface area contributed by atoms with Crippen LogP contribution >= 0.6 is 0 Å². The fourth-order valence-electron chi connectivity index (χ4n) is 2.33. The smallest absolute Gasteiger partial charge is 0.447 e. The van der Waals surface area contributed by atoms with Crippen LogP contribution < -0.4 is 0 Å². The van der Waals surface area contributed by atoms with Gasteiger partial charge in [-0.25, -0.2) is 4.79 Å². The van der Waals surface area contributed by atoms with Gasteiger partial charge in [0.05, 0.1) is 6.61 Å². The number of carbonyl (C=O) groups is 1. The van der Waals surface area contributed by atoms with E-state index in [4.69, 9.17) is 4.84 Å². The zero-order chi connectivity index (χ0) is 17.2. The van der Waals surface area contributed by atoms with Crippen molar-refractivity contribution in [3.63, 3.8) is 0 Å². The molecule has 2 aromatic carbocycles. The van der Waals surface area contributed by atoms with E-state index in [1.165, 1.54) is 0 Å². The second-order valence-electron chi connectivity index (χ2n) is 5.54. The predicted octanol–water partition coefficient (Wildman–Crippen LogP) is 4.32. The maximum atomic E-state index is 11.7. The molecule has 1 amide bonds. The van der Waals surface area contributed by atoms with Crippen molar-refractivity contribution >= 4 is 6.09 Å². The van der Waals surface area contributed by atoms with Crippen LogP contribution in [-0.2, 0) is 17.9 Å². The number of hydrazine groups is 1. The van der Waals surface area contributed by atoms with Crippen LogP contribution in [0.4, 0.5) is 4.79 Å². The van der Waals surface area contributed by atoms with Crippen molar-refractivity contribution in [2.24, 2.45) is 0 Å². The average molecular weight is 328 g/mol. The van der Waals surface area contributed by atoms with Gasteiger partial charge in [0.15, 0.2) is 0 Å². The first-order valence-electron chi connectivity index (χ1n) is 8.19. The molecule has 2 aromatic rings. The Morgan fingerprint density at radius 1 is 0.958 bits per heavy atom. The van der Waals surface area contributed by atoms with Crippen molar-refractivity contribution in [1.82, 2.24) is 10.2 Å². The first kappa shape index (κ1) is 18.0.